The number of nitrogens with two attached hydrogens (primary N) is 1. The highest BCUT2D eigenvalue weighted by atomic mass is 16.5. The maximum atomic E-state index is 11.9. The molecule has 29 heavy (non-hydrogen) atoms. The van der Waals surface area contributed by atoms with Crippen molar-refractivity contribution in [2.24, 2.45) is 0 Å². The Labute approximate surface area is 167 Å². The van der Waals surface area contributed by atoms with Gasteiger partial charge in [-0.15, -0.1) is 0 Å². The molecule has 4 aromatic rings. The van der Waals surface area contributed by atoms with Crippen molar-refractivity contribution < 1.29 is 9.53 Å². The van der Waals surface area contributed by atoms with E-state index in [2.05, 4.69) is 15.0 Å². The molecule has 1 saturated heterocycles. The van der Waals surface area contributed by atoms with Crippen molar-refractivity contribution in [3.05, 3.63) is 48.3 Å². The molecule has 0 radical (unpaired) electrons. The van der Waals surface area contributed by atoms with E-state index in [-0.39, 0.29) is 5.91 Å². The lowest BCUT2D eigenvalue weighted by Gasteiger charge is -2.12. The molecule has 3 N–H and O–H groups in total. The van der Waals surface area contributed by atoms with Gasteiger partial charge in [-0.05, 0) is 24.1 Å². The molecule has 2 aromatic carbocycles. The summed E-state index contributed by atoms with van der Waals surface area (Å²) < 4.78 is 5.49. The Kier molecular flexibility index (Phi) is 4.08. The van der Waals surface area contributed by atoms with Crippen molar-refractivity contribution in [3.8, 4) is 16.9 Å². The van der Waals surface area contributed by atoms with Crippen molar-refractivity contribution in [3.63, 3.8) is 0 Å². The van der Waals surface area contributed by atoms with Gasteiger partial charge in [0.05, 0.1) is 24.7 Å². The number of aromatic amines is 1. The summed E-state index contributed by atoms with van der Waals surface area (Å²) >= 11 is 0. The number of aromatic nitrogens is 3. The number of fused-ring (bicyclic) bond motifs is 3. The minimum atomic E-state index is 0.169. The van der Waals surface area contributed by atoms with Crippen molar-refractivity contribution in [2.75, 3.05) is 19.4 Å². The number of imidazole rings is 1. The first kappa shape index (κ1) is 17.5. The van der Waals surface area contributed by atoms with Crippen molar-refractivity contribution >= 4 is 33.7 Å². The molecule has 0 atom stereocenters. The van der Waals surface area contributed by atoms with Crippen LogP contribution in [0.25, 0.3) is 33.1 Å². The number of methoxy groups -OCH3 is 1. The molecule has 146 valence electrons. The zero-order valence-corrected chi connectivity index (χ0v) is 16.1. The normalized spacial score (nSPS) is 14.2. The molecule has 0 aliphatic carbocycles. The standard InChI is InChI=1S/C22H21N5O2/c1-29-17-6-3-2-5-14(17)13-8-9-15-16(11-13)24-22(23)21-20(15)25-18(26-21)12-27-10-4-7-19(27)28/h2-3,5-6,8-9,11H,4,7,10,12H2,1H3,(H2,23,24)(H,25,26). The summed E-state index contributed by atoms with van der Waals surface area (Å²) in [6, 6.07) is 14.0. The average Bonchev–Trinajstić information content (AvgIpc) is 3.35. The molecule has 1 amide bonds. The first-order chi connectivity index (χ1) is 14.1. The molecular formula is C22H21N5O2. The van der Waals surface area contributed by atoms with Crippen LogP contribution < -0.4 is 10.5 Å². The van der Waals surface area contributed by atoms with E-state index in [1.165, 1.54) is 0 Å². The van der Waals surface area contributed by atoms with Crippen LogP contribution in [-0.2, 0) is 11.3 Å². The molecular weight excluding hydrogens is 366 g/mol. The molecule has 2 aromatic heterocycles. The Bertz CT molecular complexity index is 1250. The van der Waals surface area contributed by atoms with Crippen LogP contribution in [0.3, 0.4) is 0 Å². The second-order valence-electron chi connectivity index (χ2n) is 7.26. The number of benzene rings is 2. The number of ether oxygens (including phenoxy) is 1. The fourth-order valence-electron chi connectivity index (χ4n) is 4.00. The van der Waals surface area contributed by atoms with Gasteiger partial charge in [-0.3, -0.25) is 4.79 Å². The summed E-state index contributed by atoms with van der Waals surface area (Å²) in [7, 11) is 1.66. The number of rotatable bonds is 4. The molecule has 1 aliphatic heterocycles. The summed E-state index contributed by atoms with van der Waals surface area (Å²) in [4.78, 5) is 26.3. The lowest BCUT2D eigenvalue weighted by atomic mass is 10.0. The van der Waals surface area contributed by atoms with Crippen LogP contribution in [0.15, 0.2) is 42.5 Å². The average molecular weight is 387 g/mol. The van der Waals surface area contributed by atoms with E-state index >= 15 is 0 Å². The Hall–Kier alpha value is -3.61. The van der Waals surface area contributed by atoms with Gasteiger partial charge in [-0.2, -0.15) is 0 Å². The van der Waals surface area contributed by atoms with E-state index in [0.29, 0.717) is 24.3 Å². The van der Waals surface area contributed by atoms with Gasteiger partial charge in [0.15, 0.2) is 5.82 Å². The smallest absolute Gasteiger partial charge is 0.223 e. The Morgan fingerprint density at radius 3 is 2.86 bits per heavy atom. The number of nitrogens with one attached hydrogen (secondary N) is 1. The maximum Gasteiger partial charge on any atom is 0.223 e. The zero-order valence-electron chi connectivity index (χ0n) is 16.1. The third-order valence-electron chi connectivity index (χ3n) is 5.43. The summed E-state index contributed by atoms with van der Waals surface area (Å²) in [5, 5.41) is 0.944. The van der Waals surface area contributed by atoms with Crippen molar-refractivity contribution in [1.29, 1.82) is 0 Å². The van der Waals surface area contributed by atoms with E-state index in [0.717, 1.165) is 52.1 Å². The van der Waals surface area contributed by atoms with E-state index in [1.807, 2.05) is 47.4 Å². The summed E-state index contributed by atoms with van der Waals surface area (Å²) in [5.41, 5.74) is 10.5. The lowest BCUT2D eigenvalue weighted by Crippen LogP contribution is -2.24. The minimum Gasteiger partial charge on any atom is -0.496 e. The van der Waals surface area contributed by atoms with Gasteiger partial charge in [0.2, 0.25) is 5.91 Å². The van der Waals surface area contributed by atoms with E-state index in [4.69, 9.17) is 10.5 Å². The number of anilines is 1. The summed E-state index contributed by atoms with van der Waals surface area (Å²) in [5.74, 6) is 2.08. The van der Waals surface area contributed by atoms with Gasteiger partial charge in [0, 0.05) is 23.9 Å². The fraction of sp³-hybridized carbons (Fsp3) is 0.227. The van der Waals surface area contributed by atoms with Gasteiger partial charge >= 0.3 is 0 Å². The predicted molar refractivity (Wildman–Crippen MR) is 112 cm³/mol. The lowest BCUT2D eigenvalue weighted by molar-refractivity contribution is -0.128. The third-order valence-corrected chi connectivity index (χ3v) is 5.43. The topological polar surface area (TPSA) is 97.1 Å². The predicted octanol–water partition coefficient (Wildman–Crippen LogP) is 3.49. The van der Waals surface area contributed by atoms with E-state index < -0.39 is 0 Å². The summed E-state index contributed by atoms with van der Waals surface area (Å²) in [6.45, 7) is 1.24. The van der Waals surface area contributed by atoms with Crippen molar-refractivity contribution in [2.45, 2.75) is 19.4 Å². The van der Waals surface area contributed by atoms with Gasteiger partial charge in [0.25, 0.3) is 0 Å². The Morgan fingerprint density at radius 2 is 2.07 bits per heavy atom. The van der Waals surface area contributed by atoms with Gasteiger partial charge in [-0.25, -0.2) is 9.97 Å². The van der Waals surface area contributed by atoms with Gasteiger partial charge < -0.3 is 20.4 Å². The molecule has 0 spiro atoms. The van der Waals surface area contributed by atoms with Gasteiger partial charge in [0.1, 0.15) is 17.1 Å². The van der Waals surface area contributed by atoms with Crippen LogP contribution in [0.5, 0.6) is 5.75 Å². The highest BCUT2D eigenvalue weighted by Crippen LogP contribution is 2.34. The van der Waals surface area contributed by atoms with Crippen LogP contribution in [-0.4, -0.2) is 39.4 Å². The molecule has 1 aliphatic rings. The number of nitrogen functional groups attached to an aromatic ring is 1. The number of pyridine rings is 1. The van der Waals surface area contributed by atoms with Crippen LogP contribution in [0, 0.1) is 0 Å². The Morgan fingerprint density at radius 1 is 1.21 bits per heavy atom. The highest BCUT2D eigenvalue weighted by Gasteiger charge is 2.22. The zero-order chi connectivity index (χ0) is 20.0. The summed E-state index contributed by atoms with van der Waals surface area (Å²) in [6.07, 6.45) is 1.51. The SMILES string of the molecule is COc1ccccc1-c1ccc2c(c1)nc(N)c1nc(CN3CCCC3=O)[nH]c12. The molecule has 7 nitrogen and oxygen atoms in total. The number of H-pyrrole nitrogens is 1. The number of carbonyl (C=O) groups excluding carboxylic acids is 1. The number of likely N-dealkylation sites (tertiary alicyclic amines) is 1. The second-order valence-corrected chi connectivity index (χ2v) is 7.26. The number of carbonyl (C=O) groups is 1. The molecule has 3 heterocycles. The van der Waals surface area contributed by atoms with Gasteiger partial charge in [-0.1, -0.05) is 30.3 Å². The number of nitrogens with zero attached hydrogens (tertiary/aromatic N) is 3. The second kappa shape index (κ2) is 6.77. The quantitative estimate of drug-likeness (QED) is 0.559. The maximum absolute atomic E-state index is 11.9. The van der Waals surface area contributed by atoms with E-state index in [1.54, 1.807) is 7.11 Å². The largest absolute Gasteiger partial charge is 0.496 e. The molecule has 0 saturated carbocycles. The molecule has 0 unspecified atom stereocenters. The highest BCUT2D eigenvalue weighted by molar-refractivity contribution is 6.07. The molecule has 0 bridgehead atoms. The number of para-hydroxylation sites is 1. The molecule has 7 heteroatoms. The number of amides is 1. The number of hydrogen-bond acceptors (Lipinski definition) is 5. The fourth-order valence-corrected chi connectivity index (χ4v) is 4.00. The molecule has 5 rings (SSSR count). The van der Waals surface area contributed by atoms with E-state index in [9.17, 15) is 4.79 Å². The Balaban J connectivity index is 1.60. The first-order valence-electron chi connectivity index (χ1n) is 9.63. The molecule has 1 fully saturated rings. The monoisotopic (exact) mass is 387 g/mol. The van der Waals surface area contributed by atoms with Crippen LogP contribution in [0.2, 0.25) is 0 Å². The van der Waals surface area contributed by atoms with Crippen LogP contribution in [0.1, 0.15) is 18.7 Å². The minimum absolute atomic E-state index is 0.169. The van der Waals surface area contributed by atoms with Crippen LogP contribution in [0.4, 0.5) is 5.82 Å². The third kappa shape index (κ3) is 2.95. The number of hydrogen-bond donors (Lipinski definition) is 2. The first-order valence-corrected chi connectivity index (χ1v) is 9.63. The van der Waals surface area contributed by atoms with Crippen LogP contribution >= 0.6 is 0 Å². The van der Waals surface area contributed by atoms with Crippen molar-refractivity contribution in [1.82, 2.24) is 19.9 Å².